The maximum atomic E-state index is 11.2. The number of anilines is 1. The number of nitrogens with one attached hydrogen (secondary N) is 1. The second-order valence-electron chi connectivity index (χ2n) is 6.82. The molecule has 1 amide bonds. The molecule has 0 atom stereocenters. The van der Waals surface area contributed by atoms with Gasteiger partial charge in [0.05, 0.1) is 0 Å². The van der Waals surface area contributed by atoms with Crippen molar-refractivity contribution in [1.29, 1.82) is 0 Å². The van der Waals surface area contributed by atoms with E-state index < -0.39 is 0 Å². The van der Waals surface area contributed by atoms with Gasteiger partial charge in [0.1, 0.15) is 0 Å². The summed E-state index contributed by atoms with van der Waals surface area (Å²) in [6.07, 6.45) is 9.55. The van der Waals surface area contributed by atoms with Gasteiger partial charge in [-0.25, -0.2) is 0 Å². The summed E-state index contributed by atoms with van der Waals surface area (Å²) < 4.78 is 0. The fourth-order valence-electron chi connectivity index (χ4n) is 4.28. The molecule has 1 aliphatic heterocycles. The largest absolute Gasteiger partial charge is 0.368 e. The number of pyridine rings is 1. The van der Waals surface area contributed by atoms with Crippen LogP contribution in [0, 0.1) is 0 Å². The van der Waals surface area contributed by atoms with E-state index in [-0.39, 0.29) is 5.91 Å². The van der Waals surface area contributed by atoms with Gasteiger partial charge < -0.3 is 10.2 Å². The van der Waals surface area contributed by atoms with E-state index in [0.29, 0.717) is 12.1 Å². The predicted molar refractivity (Wildman–Crippen MR) is 92.7 cm³/mol. The van der Waals surface area contributed by atoms with Crippen molar-refractivity contribution in [3.8, 4) is 0 Å². The molecule has 1 aromatic heterocycles. The number of carbonyl (C=O) groups is 1. The SMILES string of the molecule is CC(=O)NC1CCC(N2CCc3cncc4cccc2c34)CC1. The van der Waals surface area contributed by atoms with E-state index in [1.165, 1.54) is 22.0 Å². The maximum absolute atomic E-state index is 11.2. The van der Waals surface area contributed by atoms with Gasteiger partial charge in [0, 0.05) is 54.4 Å². The van der Waals surface area contributed by atoms with Crippen molar-refractivity contribution in [2.45, 2.75) is 51.1 Å². The number of nitrogens with zero attached hydrogens (tertiary/aromatic N) is 2. The highest BCUT2D eigenvalue weighted by Crippen LogP contribution is 2.37. The molecular formula is C19H23N3O. The Morgan fingerprint density at radius 1 is 1.22 bits per heavy atom. The smallest absolute Gasteiger partial charge is 0.217 e. The van der Waals surface area contributed by atoms with Crippen molar-refractivity contribution in [3.05, 3.63) is 36.2 Å². The zero-order valence-corrected chi connectivity index (χ0v) is 13.6. The van der Waals surface area contributed by atoms with Crippen LogP contribution in [0.4, 0.5) is 5.69 Å². The number of hydrogen-bond donors (Lipinski definition) is 1. The van der Waals surface area contributed by atoms with Crippen molar-refractivity contribution in [1.82, 2.24) is 10.3 Å². The first-order valence-corrected chi connectivity index (χ1v) is 8.62. The predicted octanol–water partition coefficient (Wildman–Crippen LogP) is 3.04. The zero-order valence-electron chi connectivity index (χ0n) is 13.6. The number of aromatic nitrogens is 1. The van der Waals surface area contributed by atoms with Crippen LogP contribution in [-0.4, -0.2) is 29.5 Å². The number of benzene rings is 1. The van der Waals surface area contributed by atoms with Crippen LogP contribution in [0.15, 0.2) is 30.6 Å². The van der Waals surface area contributed by atoms with Gasteiger partial charge in [-0.05, 0) is 43.7 Å². The molecule has 0 bridgehead atoms. The highest BCUT2D eigenvalue weighted by atomic mass is 16.1. The van der Waals surface area contributed by atoms with Gasteiger partial charge >= 0.3 is 0 Å². The van der Waals surface area contributed by atoms with Crippen LogP contribution in [0.25, 0.3) is 10.8 Å². The quantitative estimate of drug-likeness (QED) is 0.927. The van der Waals surface area contributed by atoms with E-state index in [0.717, 1.165) is 38.6 Å². The standard InChI is InChI=1S/C19H23N3O/c1-13(23)21-16-5-7-17(8-6-16)22-10-9-15-12-20-11-14-3-2-4-18(22)19(14)15/h2-4,11-12,16-17H,5-10H2,1H3,(H,21,23). The highest BCUT2D eigenvalue weighted by molar-refractivity contribution is 5.97. The second kappa shape index (κ2) is 5.84. The molecule has 0 spiro atoms. The fourth-order valence-corrected chi connectivity index (χ4v) is 4.28. The van der Waals surface area contributed by atoms with Crippen LogP contribution in [0.3, 0.4) is 0 Å². The third-order valence-electron chi connectivity index (χ3n) is 5.32. The molecule has 1 saturated carbocycles. The maximum Gasteiger partial charge on any atom is 0.217 e. The van der Waals surface area contributed by atoms with Gasteiger partial charge in [-0.15, -0.1) is 0 Å². The van der Waals surface area contributed by atoms with Crippen LogP contribution < -0.4 is 10.2 Å². The summed E-state index contributed by atoms with van der Waals surface area (Å²) in [7, 11) is 0. The number of hydrogen-bond acceptors (Lipinski definition) is 3. The third-order valence-corrected chi connectivity index (χ3v) is 5.32. The molecule has 4 nitrogen and oxygen atoms in total. The van der Waals surface area contributed by atoms with E-state index in [9.17, 15) is 4.79 Å². The van der Waals surface area contributed by atoms with Gasteiger partial charge in [0.2, 0.25) is 5.91 Å². The number of rotatable bonds is 2. The minimum atomic E-state index is 0.0950. The minimum absolute atomic E-state index is 0.0950. The Morgan fingerprint density at radius 3 is 2.83 bits per heavy atom. The molecule has 1 aliphatic carbocycles. The van der Waals surface area contributed by atoms with Gasteiger partial charge in [0.15, 0.2) is 0 Å². The lowest BCUT2D eigenvalue weighted by molar-refractivity contribution is -0.119. The molecule has 0 saturated heterocycles. The molecule has 4 heteroatoms. The van der Waals surface area contributed by atoms with Crippen molar-refractivity contribution in [2.24, 2.45) is 0 Å². The summed E-state index contributed by atoms with van der Waals surface area (Å²) >= 11 is 0. The fraction of sp³-hybridized carbons (Fsp3) is 0.474. The Balaban J connectivity index is 1.58. The Bertz CT molecular complexity index is 729. The average molecular weight is 309 g/mol. The molecule has 1 N–H and O–H groups in total. The van der Waals surface area contributed by atoms with Gasteiger partial charge in [0.25, 0.3) is 0 Å². The van der Waals surface area contributed by atoms with Crippen LogP contribution in [0.2, 0.25) is 0 Å². The van der Waals surface area contributed by atoms with Crippen LogP contribution >= 0.6 is 0 Å². The topological polar surface area (TPSA) is 45.2 Å². The summed E-state index contributed by atoms with van der Waals surface area (Å²) in [5.41, 5.74) is 2.75. The van der Waals surface area contributed by atoms with Gasteiger partial charge in [-0.2, -0.15) is 0 Å². The van der Waals surface area contributed by atoms with Crippen LogP contribution in [0.5, 0.6) is 0 Å². The first-order chi connectivity index (χ1) is 11.2. The van der Waals surface area contributed by atoms with Gasteiger partial charge in [-0.3, -0.25) is 9.78 Å². The molecule has 4 rings (SSSR count). The normalized spacial score (nSPS) is 23.8. The van der Waals surface area contributed by atoms with E-state index >= 15 is 0 Å². The molecule has 2 aliphatic rings. The molecule has 1 aromatic carbocycles. The average Bonchev–Trinajstić information content (AvgIpc) is 2.56. The molecule has 0 unspecified atom stereocenters. The van der Waals surface area contributed by atoms with Crippen molar-refractivity contribution in [3.63, 3.8) is 0 Å². The molecule has 1 fully saturated rings. The first-order valence-electron chi connectivity index (χ1n) is 8.62. The lowest BCUT2D eigenvalue weighted by atomic mass is 9.88. The lowest BCUT2D eigenvalue weighted by Gasteiger charge is -2.41. The molecule has 2 heterocycles. The summed E-state index contributed by atoms with van der Waals surface area (Å²) in [6.45, 7) is 2.69. The minimum Gasteiger partial charge on any atom is -0.368 e. The van der Waals surface area contributed by atoms with E-state index in [2.05, 4.69) is 33.4 Å². The molecular weight excluding hydrogens is 286 g/mol. The Hall–Kier alpha value is -2.10. The lowest BCUT2D eigenvalue weighted by Crippen LogP contribution is -2.45. The molecule has 120 valence electrons. The summed E-state index contributed by atoms with van der Waals surface area (Å²) in [5.74, 6) is 0.0950. The Kier molecular flexibility index (Phi) is 3.68. The molecule has 23 heavy (non-hydrogen) atoms. The van der Waals surface area contributed by atoms with E-state index in [4.69, 9.17) is 0 Å². The van der Waals surface area contributed by atoms with Crippen molar-refractivity contribution >= 4 is 22.4 Å². The van der Waals surface area contributed by atoms with Crippen LogP contribution in [0.1, 0.15) is 38.2 Å². The van der Waals surface area contributed by atoms with E-state index in [1.807, 2.05) is 12.4 Å². The summed E-state index contributed by atoms with van der Waals surface area (Å²) in [5, 5.41) is 5.71. The third kappa shape index (κ3) is 2.67. The van der Waals surface area contributed by atoms with Crippen molar-refractivity contribution < 1.29 is 4.79 Å². The number of carbonyl (C=O) groups excluding carboxylic acids is 1. The Morgan fingerprint density at radius 2 is 2.04 bits per heavy atom. The molecule has 2 aromatic rings. The Labute approximate surface area is 136 Å². The molecule has 0 radical (unpaired) electrons. The van der Waals surface area contributed by atoms with E-state index in [1.54, 1.807) is 6.92 Å². The van der Waals surface area contributed by atoms with Crippen molar-refractivity contribution in [2.75, 3.05) is 11.4 Å². The monoisotopic (exact) mass is 309 g/mol. The summed E-state index contributed by atoms with van der Waals surface area (Å²) in [4.78, 5) is 18.2. The number of amides is 1. The van der Waals surface area contributed by atoms with Gasteiger partial charge in [-0.1, -0.05) is 12.1 Å². The zero-order chi connectivity index (χ0) is 15.8. The first kappa shape index (κ1) is 14.5. The van der Waals surface area contributed by atoms with Crippen LogP contribution in [-0.2, 0) is 11.2 Å². The summed E-state index contributed by atoms with van der Waals surface area (Å²) in [6, 6.07) is 7.51. The second-order valence-corrected chi connectivity index (χ2v) is 6.82. The highest BCUT2D eigenvalue weighted by Gasteiger charge is 2.29.